The molecule has 1 aliphatic carbocycles. The first-order valence-corrected chi connectivity index (χ1v) is 6.24. The van der Waals surface area contributed by atoms with Gasteiger partial charge in [0.25, 0.3) is 0 Å². The smallest absolute Gasteiger partial charge is 0.0575 e. The lowest BCUT2D eigenvalue weighted by molar-refractivity contribution is 0.330. The molecule has 84 valence electrons. The van der Waals surface area contributed by atoms with E-state index in [1.54, 1.807) is 0 Å². The molecule has 0 radical (unpaired) electrons. The van der Waals surface area contributed by atoms with E-state index in [-0.39, 0.29) is 0 Å². The van der Waals surface area contributed by atoms with Gasteiger partial charge in [0.05, 0.1) is 6.17 Å². The summed E-state index contributed by atoms with van der Waals surface area (Å²) in [6, 6.07) is 1.36. The molecule has 0 spiro atoms. The first-order valence-electron chi connectivity index (χ1n) is 6.24. The van der Waals surface area contributed by atoms with Gasteiger partial charge >= 0.3 is 0 Å². The van der Waals surface area contributed by atoms with Crippen molar-refractivity contribution >= 4 is 0 Å². The Balaban J connectivity index is 2.25. The minimum atomic E-state index is 0.531. The molecule has 2 N–H and O–H groups in total. The monoisotopic (exact) mass is 198 g/mol. The highest BCUT2D eigenvalue weighted by Gasteiger charge is 2.18. The zero-order chi connectivity index (χ0) is 10.4. The van der Waals surface area contributed by atoms with Crippen molar-refractivity contribution in [2.75, 3.05) is 0 Å². The molecule has 2 nitrogen and oxygen atoms in total. The summed E-state index contributed by atoms with van der Waals surface area (Å²) in [7, 11) is 0. The van der Waals surface area contributed by atoms with E-state index in [0.717, 1.165) is 6.04 Å². The Labute approximate surface area is 88.8 Å². The van der Waals surface area contributed by atoms with E-state index in [4.69, 9.17) is 0 Å². The van der Waals surface area contributed by atoms with Gasteiger partial charge in [-0.3, -0.25) is 10.6 Å². The van der Waals surface area contributed by atoms with E-state index in [2.05, 4.69) is 31.4 Å². The Morgan fingerprint density at radius 1 is 1.21 bits per heavy atom. The van der Waals surface area contributed by atoms with Crippen molar-refractivity contribution in [2.24, 2.45) is 0 Å². The van der Waals surface area contributed by atoms with Crippen LogP contribution in [0.3, 0.4) is 0 Å². The van der Waals surface area contributed by atoms with Gasteiger partial charge in [-0.2, -0.15) is 0 Å². The molecule has 0 amide bonds. The maximum Gasteiger partial charge on any atom is 0.0575 e. The Morgan fingerprint density at radius 2 is 1.86 bits per heavy atom. The van der Waals surface area contributed by atoms with Crippen LogP contribution in [0.2, 0.25) is 0 Å². The second-order valence-corrected chi connectivity index (χ2v) is 4.81. The molecule has 1 rings (SSSR count). The van der Waals surface area contributed by atoms with Crippen LogP contribution in [0, 0.1) is 0 Å². The average molecular weight is 198 g/mol. The van der Waals surface area contributed by atoms with E-state index in [1.807, 2.05) is 0 Å². The Kier molecular flexibility index (Phi) is 5.49. The van der Waals surface area contributed by atoms with Crippen LogP contribution in [-0.2, 0) is 0 Å². The lowest BCUT2D eigenvalue weighted by Crippen LogP contribution is -2.48. The topological polar surface area (TPSA) is 24.1 Å². The largest absolute Gasteiger partial charge is 0.300 e. The van der Waals surface area contributed by atoms with Crippen molar-refractivity contribution in [1.82, 2.24) is 10.6 Å². The lowest BCUT2D eigenvalue weighted by atomic mass is 10.2. The molecule has 0 aliphatic heterocycles. The molecule has 1 atom stereocenters. The molecule has 1 fully saturated rings. The van der Waals surface area contributed by atoms with Gasteiger partial charge in [-0.1, -0.05) is 26.2 Å². The van der Waals surface area contributed by atoms with E-state index < -0.39 is 0 Å². The van der Waals surface area contributed by atoms with E-state index in [9.17, 15) is 0 Å². The summed E-state index contributed by atoms with van der Waals surface area (Å²) in [5.74, 6) is 0. The standard InChI is InChI=1S/C12H26N2/c1-4-7-12(13-10(2)3)14-11-8-5-6-9-11/h10-14H,4-9H2,1-3H3. The Bertz CT molecular complexity index is 139. The molecule has 0 saturated heterocycles. The predicted molar refractivity (Wildman–Crippen MR) is 62.4 cm³/mol. The number of rotatable bonds is 6. The predicted octanol–water partition coefficient (Wildman–Crippen LogP) is 2.64. The van der Waals surface area contributed by atoms with Gasteiger partial charge in [0.15, 0.2) is 0 Å². The molecular formula is C12H26N2. The zero-order valence-electron chi connectivity index (χ0n) is 9.97. The fourth-order valence-corrected chi connectivity index (χ4v) is 2.28. The minimum absolute atomic E-state index is 0.531. The third-order valence-corrected chi connectivity index (χ3v) is 2.90. The quantitative estimate of drug-likeness (QED) is 0.641. The van der Waals surface area contributed by atoms with E-state index in [1.165, 1.54) is 38.5 Å². The summed E-state index contributed by atoms with van der Waals surface area (Å²) in [5.41, 5.74) is 0. The van der Waals surface area contributed by atoms with Crippen LogP contribution < -0.4 is 10.6 Å². The molecule has 1 unspecified atom stereocenters. The van der Waals surface area contributed by atoms with Gasteiger partial charge < -0.3 is 0 Å². The Hall–Kier alpha value is -0.0800. The molecule has 0 heterocycles. The molecule has 0 bridgehead atoms. The van der Waals surface area contributed by atoms with Gasteiger partial charge in [-0.15, -0.1) is 0 Å². The van der Waals surface area contributed by atoms with Gasteiger partial charge in [0.1, 0.15) is 0 Å². The third-order valence-electron chi connectivity index (χ3n) is 2.90. The van der Waals surface area contributed by atoms with Crippen LogP contribution >= 0.6 is 0 Å². The van der Waals surface area contributed by atoms with Crippen LogP contribution in [-0.4, -0.2) is 18.2 Å². The maximum atomic E-state index is 3.74. The normalized spacial score (nSPS) is 20.6. The summed E-state index contributed by atoms with van der Waals surface area (Å²) >= 11 is 0. The second kappa shape index (κ2) is 6.41. The first-order chi connectivity index (χ1) is 6.72. The summed E-state index contributed by atoms with van der Waals surface area (Å²) in [4.78, 5) is 0. The second-order valence-electron chi connectivity index (χ2n) is 4.81. The first kappa shape index (κ1) is 12.0. The highest BCUT2D eigenvalue weighted by molar-refractivity contribution is 4.78. The third kappa shape index (κ3) is 4.43. The summed E-state index contributed by atoms with van der Waals surface area (Å²) in [5, 5.41) is 7.33. The van der Waals surface area contributed by atoms with Gasteiger partial charge in [-0.25, -0.2) is 0 Å². The van der Waals surface area contributed by atoms with Gasteiger partial charge in [0.2, 0.25) is 0 Å². The van der Waals surface area contributed by atoms with Crippen molar-refractivity contribution in [3.05, 3.63) is 0 Å². The van der Waals surface area contributed by atoms with Crippen molar-refractivity contribution in [2.45, 2.75) is 77.5 Å². The van der Waals surface area contributed by atoms with Crippen LogP contribution in [0.25, 0.3) is 0 Å². The van der Waals surface area contributed by atoms with Crippen LogP contribution in [0.4, 0.5) is 0 Å². The molecule has 0 aromatic carbocycles. The molecule has 1 saturated carbocycles. The fraction of sp³-hybridized carbons (Fsp3) is 1.00. The van der Waals surface area contributed by atoms with Crippen molar-refractivity contribution < 1.29 is 0 Å². The van der Waals surface area contributed by atoms with Gasteiger partial charge in [-0.05, 0) is 33.1 Å². The van der Waals surface area contributed by atoms with Gasteiger partial charge in [0, 0.05) is 12.1 Å². The summed E-state index contributed by atoms with van der Waals surface area (Å²) < 4.78 is 0. The van der Waals surface area contributed by atoms with E-state index >= 15 is 0 Å². The van der Waals surface area contributed by atoms with Crippen molar-refractivity contribution in [1.29, 1.82) is 0 Å². The highest BCUT2D eigenvalue weighted by atomic mass is 15.1. The van der Waals surface area contributed by atoms with Crippen LogP contribution in [0.1, 0.15) is 59.3 Å². The summed E-state index contributed by atoms with van der Waals surface area (Å²) in [6.07, 6.45) is 8.61. The Morgan fingerprint density at radius 3 is 2.36 bits per heavy atom. The van der Waals surface area contributed by atoms with Crippen LogP contribution in [0.15, 0.2) is 0 Å². The molecule has 14 heavy (non-hydrogen) atoms. The summed E-state index contributed by atoms with van der Waals surface area (Å²) in [6.45, 7) is 6.70. The number of hydrogen-bond acceptors (Lipinski definition) is 2. The molecule has 2 heteroatoms. The van der Waals surface area contributed by atoms with E-state index in [0.29, 0.717) is 12.2 Å². The molecule has 0 aromatic rings. The highest BCUT2D eigenvalue weighted by Crippen LogP contribution is 2.18. The average Bonchev–Trinajstić information content (AvgIpc) is 2.56. The number of hydrogen-bond donors (Lipinski definition) is 2. The zero-order valence-corrected chi connectivity index (χ0v) is 9.97. The molecule has 0 aromatic heterocycles. The van der Waals surface area contributed by atoms with Crippen molar-refractivity contribution in [3.8, 4) is 0 Å². The molecule has 1 aliphatic rings. The minimum Gasteiger partial charge on any atom is -0.300 e. The van der Waals surface area contributed by atoms with Crippen LogP contribution in [0.5, 0.6) is 0 Å². The number of nitrogens with one attached hydrogen (secondary N) is 2. The maximum absolute atomic E-state index is 3.74. The van der Waals surface area contributed by atoms with Crippen molar-refractivity contribution in [3.63, 3.8) is 0 Å². The lowest BCUT2D eigenvalue weighted by Gasteiger charge is -2.25. The molecular weight excluding hydrogens is 172 g/mol. The fourth-order valence-electron chi connectivity index (χ4n) is 2.28. The SMILES string of the molecule is CCCC(NC(C)C)NC1CCCC1.